The molecule has 0 spiro atoms. The molecule has 0 fully saturated rings. The van der Waals surface area contributed by atoms with Crippen molar-refractivity contribution in [3.8, 4) is 0 Å². The monoisotopic (exact) mass is 150 g/mol. The van der Waals surface area contributed by atoms with E-state index >= 15 is 0 Å². The van der Waals surface area contributed by atoms with Gasteiger partial charge >= 0.3 is 37.5 Å². The van der Waals surface area contributed by atoms with Crippen molar-refractivity contribution in [2.75, 3.05) is 6.61 Å². The Morgan fingerprint density at radius 2 is 2.25 bits per heavy atom. The van der Waals surface area contributed by atoms with Crippen LogP contribution in [0.2, 0.25) is 0 Å². The molecule has 0 amide bonds. The molecule has 0 aliphatic heterocycles. The fraction of sp³-hybridized carbons (Fsp3) is 1.00. The van der Waals surface area contributed by atoms with Gasteiger partial charge in [0.2, 0.25) is 0 Å². The fourth-order valence-corrected chi connectivity index (χ4v) is 0.463. The summed E-state index contributed by atoms with van der Waals surface area (Å²) in [5.41, 5.74) is 0. The molecule has 0 aromatic carbocycles. The van der Waals surface area contributed by atoms with Crippen LogP contribution in [0.5, 0.6) is 0 Å². The zero-order valence-electron chi connectivity index (χ0n) is 4.76. The smallest absolute Gasteiger partial charge is 0.753 e. The predicted octanol–water partition coefficient (Wildman–Crippen LogP) is -2.54. The van der Waals surface area contributed by atoms with E-state index < -0.39 is 7.91 Å². The zero-order chi connectivity index (χ0) is 5.91. The van der Waals surface area contributed by atoms with Gasteiger partial charge in [-0.05, 0) is 6.92 Å². The van der Waals surface area contributed by atoms with Crippen LogP contribution in [0.3, 0.4) is 0 Å². The van der Waals surface area contributed by atoms with E-state index in [-0.39, 0.29) is 36.2 Å². The van der Waals surface area contributed by atoms with Crippen molar-refractivity contribution in [1.29, 1.82) is 0 Å². The van der Waals surface area contributed by atoms with Crippen molar-refractivity contribution in [2.45, 2.75) is 6.92 Å². The van der Waals surface area contributed by atoms with E-state index in [1.807, 2.05) is 0 Å². The molecule has 1 atom stereocenters. The third-order valence-electron chi connectivity index (χ3n) is 0.283. The third-order valence-corrected chi connectivity index (χ3v) is 0.850. The summed E-state index contributed by atoms with van der Waals surface area (Å²) in [5.74, 6) is 0. The van der Waals surface area contributed by atoms with E-state index in [4.69, 9.17) is 0 Å². The van der Waals surface area contributed by atoms with E-state index in [1.165, 1.54) is 6.92 Å². The second kappa shape index (κ2) is 4.91. The summed E-state index contributed by atoms with van der Waals surface area (Å²) in [6, 6.07) is 0. The minimum atomic E-state index is -4.92. The van der Waals surface area contributed by atoms with Crippen molar-refractivity contribution < 1.29 is 47.7 Å². The molecule has 0 rings (SSSR count). The van der Waals surface area contributed by atoms with E-state index in [0.717, 1.165) is 0 Å². The van der Waals surface area contributed by atoms with E-state index in [9.17, 15) is 13.7 Å². The minimum absolute atomic E-state index is 0. The molecule has 0 N–H and O–H groups in total. The maximum Gasteiger partial charge on any atom is 1.00 e. The number of rotatable bonds is 2. The Bertz CT molecular complexity index is 91.3. The summed E-state index contributed by atoms with van der Waals surface area (Å²) in [4.78, 5) is 9.37. The summed E-state index contributed by atoms with van der Waals surface area (Å²) in [7, 11) is -4.92. The van der Waals surface area contributed by atoms with Crippen molar-refractivity contribution in [1.82, 2.24) is 0 Å². The summed E-state index contributed by atoms with van der Waals surface area (Å²) < 4.78 is 24.1. The topological polar surface area (TPSA) is 49.4 Å². The second-order valence-electron chi connectivity index (χ2n) is 0.848. The quantitative estimate of drug-likeness (QED) is 0.322. The maximum atomic E-state index is 11.2. The molecular weight excluding hydrogens is 145 g/mol. The van der Waals surface area contributed by atoms with Crippen LogP contribution >= 0.6 is 7.91 Å². The molecule has 0 saturated heterocycles. The van der Waals surface area contributed by atoms with Gasteiger partial charge in [0.05, 0.1) is 6.61 Å². The van der Waals surface area contributed by atoms with Crippen LogP contribution in [0.4, 0.5) is 4.20 Å². The SMILES string of the molecule is CCOP(=O)([O-])F.[Na+]. The summed E-state index contributed by atoms with van der Waals surface area (Å²) in [6.07, 6.45) is 0. The molecule has 6 heteroatoms. The average Bonchev–Trinajstić information content (AvgIpc) is 1.30. The summed E-state index contributed by atoms with van der Waals surface area (Å²) in [5, 5.41) is 0. The van der Waals surface area contributed by atoms with Gasteiger partial charge in [-0.2, -0.15) is 4.20 Å². The molecular formula is C2H5FNaO3P. The van der Waals surface area contributed by atoms with Crippen LogP contribution in [-0.4, -0.2) is 6.61 Å². The van der Waals surface area contributed by atoms with Crippen LogP contribution in [-0.2, 0) is 9.09 Å². The molecule has 0 aliphatic rings. The molecule has 0 aromatic rings. The first kappa shape index (κ1) is 11.8. The fourth-order valence-electron chi connectivity index (χ4n) is 0.154. The van der Waals surface area contributed by atoms with Crippen LogP contribution in [0, 0.1) is 0 Å². The van der Waals surface area contributed by atoms with Crippen molar-refractivity contribution in [3.63, 3.8) is 0 Å². The first-order valence-corrected chi connectivity index (χ1v) is 3.15. The maximum absolute atomic E-state index is 11.2. The van der Waals surface area contributed by atoms with Gasteiger partial charge in [0, 0.05) is 0 Å². The number of hydrogen-bond donors (Lipinski definition) is 0. The largest absolute Gasteiger partial charge is 1.00 e. The molecule has 8 heavy (non-hydrogen) atoms. The van der Waals surface area contributed by atoms with Crippen LogP contribution < -0.4 is 34.5 Å². The van der Waals surface area contributed by atoms with Crippen LogP contribution in [0.15, 0.2) is 0 Å². The summed E-state index contributed by atoms with van der Waals surface area (Å²) >= 11 is 0. The number of hydrogen-bond acceptors (Lipinski definition) is 3. The second-order valence-corrected chi connectivity index (χ2v) is 1.97. The predicted molar refractivity (Wildman–Crippen MR) is 20.3 cm³/mol. The zero-order valence-corrected chi connectivity index (χ0v) is 7.65. The minimum Gasteiger partial charge on any atom is -0.753 e. The van der Waals surface area contributed by atoms with Gasteiger partial charge in [-0.3, -0.25) is 4.57 Å². The van der Waals surface area contributed by atoms with Gasteiger partial charge in [-0.25, -0.2) is 0 Å². The van der Waals surface area contributed by atoms with E-state index in [2.05, 4.69) is 4.52 Å². The average molecular weight is 150 g/mol. The van der Waals surface area contributed by atoms with Gasteiger partial charge in [0.25, 0.3) is 0 Å². The van der Waals surface area contributed by atoms with Gasteiger partial charge in [0.1, 0.15) is 0 Å². The Kier molecular flexibility index (Phi) is 7.26. The van der Waals surface area contributed by atoms with Crippen molar-refractivity contribution in [3.05, 3.63) is 0 Å². The van der Waals surface area contributed by atoms with Crippen molar-refractivity contribution >= 4 is 7.91 Å². The molecule has 3 nitrogen and oxygen atoms in total. The molecule has 0 aromatic heterocycles. The molecule has 0 heterocycles. The normalized spacial score (nSPS) is 16.4. The summed E-state index contributed by atoms with van der Waals surface area (Å²) in [6.45, 7) is 1.25. The van der Waals surface area contributed by atoms with Gasteiger partial charge in [-0.15, -0.1) is 0 Å². The van der Waals surface area contributed by atoms with Crippen LogP contribution in [0.1, 0.15) is 6.92 Å². The first-order valence-electron chi connectivity index (χ1n) is 1.71. The Balaban J connectivity index is 0. The molecule has 0 saturated carbocycles. The Morgan fingerprint density at radius 1 is 1.88 bits per heavy atom. The van der Waals surface area contributed by atoms with Gasteiger partial charge in [0.15, 0.2) is 0 Å². The molecule has 1 unspecified atom stereocenters. The third kappa shape index (κ3) is 10.1. The standard InChI is InChI=1S/C2H6FO3P.Na/c1-2-6-7(3,4)5;/h2H2,1H3,(H,4,5);/q;+1/p-1. The van der Waals surface area contributed by atoms with Gasteiger partial charge < -0.3 is 9.42 Å². The molecule has 0 bridgehead atoms. The molecule has 0 aliphatic carbocycles. The Labute approximate surface area is 69.2 Å². The Morgan fingerprint density at radius 3 is 2.25 bits per heavy atom. The number of halogens is 1. The van der Waals surface area contributed by atoms with Crippen molar-refractivity contribution in [2.24, 2.45) is 0 Å². The van der Waals surface area contributed by atoms with Gasteiger partial charge in [-0.1, -0.05) is 0 Å². The molecule has 44 valence electrons. The van der Waals surface area contributed by atoms with E-state index in [1.54, 1.807) is 0 Å². The Hall–Kier alpha value is 1.08. The van der Waals surface area contributed by atoms with E-state index in [0.29, 0.717) is 0 Å². The van der Waals surface area contributed by atoms with Crippen LogP contribution in [0.25, 0.3) is 0 Å². The molecule has 0 radical (unpaired) electrons. The first-order chi connectivity index (χ1) is 3.06.